The molecule has 28 heavy (non-hydrogen) atoms. The number of amides is 1. The first kappa shape index (κ1) is 18.3. The highest BCUT2D eigenvalue weighted by Crippen LogP contribution is 2.38. The molecular formula is C22H21N3O2S. The molecule has 0 radical (unpaired) electrons. The maximum atomic E-state index is 12.8. The highest BCUT2D eigenvalue weighted by atomic mass is 32.1. The predicted octanol–water partition coefficient (Wildman–Crippen LogP) is 3.88. The van der Waals surface area contributed by atoms with Gasteiger partial charge in [0.1, 0.15) is 11.6 Å². The molecule has 2 atom stereocenters. The summed E-state index contributed by atoms with van der Waals surface area (Å²) in [7, 11) is 0. The lowest BCUT2D eigenvalue weighted by atomic mass is 9.97. The van der Waals surface area contributed by atoms with Crippen LogP contribution in [0.15, 0.2) is 60.7 Å². The number of nitrogen functional groups attached to an aromatic ring is 1. The van der Waals surface area contributed by atoms with Crippen molar-refractivity contribution in [3.05, 3.63) is 76.0 Å². The smallest absolute Gasteiger partial charge is 0.262 e. The zero-order valence-corrected chi connectivity index (χ0v) is 16.3. The lowest BCUT2D eigenvalue weighted by Crippen LogP contribution is -2.38. The number of thiophene rings is 1. The first-order valence-electron chi connectivity index (χ1n) is 9.10. The minimum Gasteiger partial charge on any atom is -0.480 e. The van der Waals surface area contributed by atoms with Crippen LogP contribution in [0.4, 0.5) is 0 Å². The number of para-hydroxylation sites is 1. The minimum absolute atomic E-state index is 0.000843. The van der Waals surface area contributed by atoms with Gasteiger partial charge < -0.3 is 15.8 Å². The normalized spacial score (nSPS) is 17.6. The first-order valence-corrected chi connectivity index (χ1v) is 9.92. The molecule has 0 saturated carbocycles. The molecule has 4 N–H and O–H groups in total. The number of amidine groups is 1. The molecular weight excluding hydrogens is 370 g/mol. The highest BCUT2D eigenvalue weighted by Gasteiger charge is 2.36. The zero-order chi connectivity index (χ0) is 19.7. The first-order chi connectivity index (χ1) is 13.5. The van der Waals surface area contributed by atoms with Crippen molar-refractivity contribution in [2.45, 2.75) is 25.5 Å². The van der Waals surface area contributed by atoms with E-state index in [1.54, 1.807) is 0 Å². The fourth-order valence-corrected chi connectivity index (χ4v) is 4.45. The Labute approximate surface area is 167 Å². The Balaban J connectivity index is 1.52. The quantitative estimate of drug-likeness (QED) is 0.455. The third kappa shape index (κ3) is 3.39. The number of ether oxygens (including phenoxy) is 1. The maximum absolute atomic E-state index is 12.8. The van der Waals surface area contributed by atoms with Crippen molar-refractivity contribution >= 4 is 23.1 Å². The van der Waals surface area contributed by atoms with Crippen LogP contribution in [0.2, 0.25) is 0 Å². The van der Waals surface area contributed by atoms with E-state index >= 15 is 0 Å². The average molecular weight is 391 g/mol. The molecule has 0 saturated heterocycles. The standard InChI is InChI=1S/C22H21N3O2S/c1-13-15-9-5-6-10-17(15)27-20(13)22(26)25-12-19-16(11-18(28-19)21(23)24)14-7-3-2-4-8-14/h2-11,13,20H,12H2,1H3,(H3,23,24)(H,25,26)/t13-,20-/m0/s1. The number of nitrogens with two attached hydrogens (primary N) is 1. The summed E-state index contributed by atoms with van der Waals surface area (Å²) in [5, 5.41) is 10.7. The molecule has 1 aliphatic heterocycles. The Hall–Kier alpha value is -3.12. The molecule has 2 aromatic carbocycles. The fourth-order valence-electron chi connectivity index (χ4n) is 3.47. The van der Waals surface area contributed by atoms with Crippen LogP contribution in [-0.2, 0) is 11.3 Å². The van der Waals surface area contributed by atoms with Gasteiger partial charge in [0.25, 0.3) is 5.91 Å². The van der Waals surface area contributed by atoms with Gasteiger partial charge in [-0.3, -0.25) is 10.2 Å². The Kier molecular flexibility index (Phi) is 4.88. The number of fused-ring (bicyclic) bond motifs is 1. The molecule has 1 aliphatic rings. The lowest BCUT2D eigenvalue weighted by molar-refractivity contribution is -0.128. The van der Waals surface area contributed by atoms with E-state index in [4.69, 9.17) is 15.9 Å². The summed E-state index contributed by atoms with van der Waals surface area (Å²) in [6.07, 6.45) is -0.537. The number of rotatable bonds is 5. The minimum atomic E-state index is -0.537. The summed E-state index contributed by atoms with van der Waals surface area (Å²) < 4.78 is 5.86. The molecule has 1 aromatic heterocycles. The Morgan fingerprint density at radius 3 is 2.61 bits per heavy atom. The summed E-state index contributed by atoms with van der Waals surface area (Å²) >= 11 is 1.43. The monoisotopic (exact) mass is 391 g/mol. The Morgan fingerprint density at radius 2 is 1.89 bits per heavy atom. The number of benzene rings is 2. The molecule has 0 aliphatic carbocycles. The van der Waals surface area contributed by atoms with E-state index in [0.29, 0.717) is 11.4 Å². The molecule has 0 unspecified atom stereocenters. The van der Waals surface area contributed by atoms with Crippen molar-refractivity contribution in [3.63, 3.8) is 0 Å². The van der Waals surface area contributed by atoms with Crippen LogP contribution in [0.1, 0.15) is 28.2 Å². The van der Waals surface area contributed by atoms with E-state index in [1.165, 1.54) is 11.3 Å². The third-order valence-corrected chi connectivity index (χ3v) is 6.13. The molecule has 5 nitrogen and oxygen atoms in total. The van der Waals surface area contributed by atoms with E-state index < -0.39 is 6.10 Å². The van der Waals surface area contributed by atoms with Crippen molar-refractivity contribution < 1.29 is 9.53 Å². The summed E-state index contributed by atoms with van der Waals surface area (Å²) in [5.41, 5.74) is 8.76. The van der Waals surface area contributed by atoms with Gasteiger partial charge >= 0.3 is 0 Å². The zero-order valence-electron chi connectivity index (χ0n) is 15.4. The van der Waals surface area contributed by atoms with Crippen LogP contribution in [0.3, 0.4) is 0 Å². The molecule has 0 spiro atoms. The van der Waals surface area contributed by atoms with Crippen LogP contribution in [0.5, 0.6) is 5.75 Å². The van der Waals surface area contributed by atoms with Gasteiger partial charge in [-0.15, -0.1) is 11.3 Å². The second-order valence-electron chi connectivity index (χ2n) is 6.81. The molecule has 6 heteroatoms. The van der Waals surface area contributed by atoms with E-state index in [9.17, 15) is 4.79 Å². The third-order valence-electron chi connectivity index (χ3n) is 4.96. The van der Waals surface area contributed by atoms with Gasteiger partial charge in [-0.1, -0.05) is 55.5 Å². The van der Waals surface area contributed by atoms with Gasteiger partial charge in [0.2, 0.25) is 0 Å². The number of hydrogen-bond acceptors (Lipinski definition) is 4. The summed E-state index contributed by atoms with van der Waals surface area (Å²) in [4.78, 5) is 14.4. The molecule has 2 heterocycles. The van der Waals surface area contributed by atoms with Crippen molar-refractivity contribution in [3.8, 4) is 16.9 Å². The van der Waals surface area contributed by atoms with Gasteiger partial charge in [0, 0.05) is 16.4 Å². The maximum Gasteiger partial charge on any atom is 0.262 e. The summed E-state index contributed by atoms with van der Waals surface area (Å²) in [6, 6.07) is 19.6. The van der Waals surface area contributed by atoms with Crippen molar-refractivity contribution in [1.29, 1.82) is 5.41 Å². The molecule has 4 rings (SSSR count). The number of carbonyl (C=O) groups is 1. The summed E-state index contributed by atoms with van der Waals surface area (Å²) in [5.74, 6) is 0.666. The van der Waals surface area contributed by atoms with Crippen LogP contribution < -0.4 is 15.8 Å². The molecule has 0 fully saturated rings. The number of carbonyl (C=O) groups excluding carboxylic acids is 1. The lowest BCUT2D eigenvalue weighted by Gasteiger charge is -2.15. The number of nitrogens with one attached hydrogen (secondary N) is 2. The topological polar surface area (TPSA) is 88.2 Å². The molecule has 1 amide bonds. The molecule has 3 aromatic rings. The molecule has 0 bridgehead atoms. The predicted molar refractivity (Wildman–Crippen MR) is 112 cm³/mol. The van der Waals surface area contributed by atoms with Crippen LogP contribution in [0.25, 0.3) is 11.1 Å². The van der Waals surface area contributed by atoms with Gasteiger partial charge in [0.05, 0.1) is 11.4 Å². The van der Waals surface area contributed by atoms with Crippen LogP contribution in [0, 0.1) is 5.41 Å². The van der Waals surface area contributed by atoms with Crippen molar-refractivity contribution in [2.75, 3.05) is 0 Å². The van der Waals surface area contributed by atoms with E-state index in [-0.39, 0.29) is 17.7 Å². The van der Waals surface area contributed by atoms with Gasteiger partial charge in [-0.2, -0.15) is 0 Å². The van der Waals surface area contributed by atoms with Gasteiger partial charge in [-0.25, -0.2) is 0 Å². The largest absolute Gasteiger partial charge is 0.480 e. The van der Waals surface area contributed by atoms with Crippen molar-refractivity contribution in [1.82, 2.24) is 5.32 Å². The van der Waals surface area contributed by atoms with E-state index in [0.717, 1.165) is 27.3 Å². The number of hydrogen-bond donors (Lipinski definition) is 3. The van der Waals surface area contributed by atoms with Crippen molar-refractivity contribution in [2.24, 2.45) is 5.73 Å². The van der Waals surface area contributed by atoms with Gasteiger partial charge in [-0.05, 0) is 23.3 Å². The summed E-state index contributed by atoms with van der Waals surface area (Å²) in [6.45, 7) is 2.37. The average Bonchev–Trinajstić information content (AvgIpc) is 3.29. The molecule has 142 valence electrons. The van der Waals surface area contributed by atoms with E-state index in [1.807, 2.05) is 67.6 Å². The van der Waals surface area contributed by atoms with Crippen LogP contribution >= 0.6 is 11.3 Å². The highest BCUT2D eigenvalue weighted by molar-refractivity contribution is 7.14. The van der Waals surface area contributed by atoms with Crippen LogP contribution in [-0.4, -0.2) is 17.8 Å². The van der Waals surface area contributed by atoms with Gasteiger partial charge in [0.15, 0.2) is 6.10 Å². The second kappa shape index (κ2) is 7.48. The SMILES string of the molecule is C[C@H]1c2ccccc2O[C@@H]1C(=O)NCc1sc(C(=N)N)cc1-c1ccccc1. The Morgan fingerprint density at radius 1 is 1.18 bits per heavy atom. The fraction of sp³-hybridized carbons (Fsp3) is 0.182. The Bertz CT molecular complexity index is 1030. The second-order valence-corrected chi connectivity index (χ2v) is 7.95. The van der Waals surface area contributed by atoms with E-state index in [2.05, 4.69) is 5.32 Å².